The van der Waals surface area contributed by atoms with Crippen molar-refractivity contribution in [3.63, 3.8) is 0 Å². The van der Waals surface area contributed by atoms with E-state index in [4.69, 9.17) is 0 Å². The van der Waals surface area contributed by atoms with Crippen molar-refractivity contribution in [2.45, 2.75) is 97.8 Å². The fourth-order valence-corrected chi connectivity index (χ4v) is 3.17. The molecule has 0 aliphatic heterocycles. The van der Waals surface area contributed by atoms with E-state index < -0.39 is 11.9 Å². The second-order valence-electron chi connectivity index (χ2n) is 7.25. The second kappa shape index (κ2) is 14.7. The lowest BCUT2D eigenvalue weighted by Gasteiger charge is -2.19. The van der Waals surface area contributed by atoms with Gasteiger partial charge in [-0.2, -0.15) is 0 Å². The zero-order valence-electron chi connectivity index (χ0n) is 15.6. The Morgan fingerprint density at radius 1 is 0.913 bits per heavy atom. The van der Waals surface area contributed by atoms with Gasteiger partial charge in [0.2, 0.25) is 0 Å². The van der Waals surface area contributed by atoms with Crippen LogP contribution in [-0.2, 0) is 9.59 Å². The van der Waals surface area contributed by atoms with Crippen molar-refractivity contribution in [1.82, 2.24) is 0 Å². The van der Waals surface area contributed by atoms with E-state index in [0.29, 0.717) is 12.3 Å². The zero-order valence-corrected chi connectivity index (χ0v) is 15.6. The lowest BCUT2D eigenvalue weighted by molar-refractivity contribution is -0.145. The summed E-state index contributed by atoms with van der Waals surface area (Å²) in [5.74, 6) is -1.36. The highest BCUT2D eigenvalue weighted by Gasteiger charge is 2.26. The predicted molar refractivity (Wildman–Crippen MR) is 96.6 cm³/mol. The van der Waals surface area contributed by atoms with E-state index in [1.54, 1.807) is 6.92 Å². The smallest absolute Gasteiger partial charge is 0.307 e. The molecule has 0 heterocycles. The molecular formula is C20H38O3. The number of carbonyl (C=O) groups excluding carboxylic acids is 1. The highest BCUT2D eigenvalue weighted by Crippen LogP contribution is 2.24. The Labute approximate surface area is 143 Å². The van der Waals surface area contributed by atoms with Gasteiger partial charge in [-0.15, -0.1) is 0 Å². The van der Waals surface area contributed by atoms with E-state index in [1.165, 1.54) is 64.2 Å². The van der Waals surface area contributed by atoms with Gasteiger partial charge in [-0.1, -0.05) is 91.4 Å². The maximum atomic E-state index is 11.2. The molecular weight excluding hydrogens is 288 g/mol. The number of carboxylic acids is 1. The van der Waals surface area contributed by atoms with Crippen molar-refractivity contribution in [2.24, 2.45) is 17.8 Å². The minimum Gasteiger partial charge on any atom is -0.481 e. The quantitative estimate of drug-likeness (QED) is 0.285. The van der Waals surface area contributed by atoms with E-state index in [2.05, 4.69) is 13.8 Å². The Balaban J connectivity index is 3.60. The molecule has 0 aromatic rings. The Kier molecular flexibility index (Phi) is 14.2. The van der Waals surface area contributed by atoms with E-state index in [1.807, 2.05) is 0 Å². The number of carbonyl (C=O) groups is 2. The molecule has 23 heavy (non-hydrogen) atoms. The van der Waals surface area contributed by atoms with Crippen LogP contribution in [0.1, 0.15) is 97.8 Å². The molecule has 0 saturated heterocycles. The summed E-state index contributed by atoms with van der Waals surface area (Å²) in [5.41, 5.74) is 0. The fraction of sp³-hybridized carbons (Fsp3) is 0.900. The van der Waals surface area contributed by atoms with Gasteiger partial charge in [-0.05, 0) is 12.3 Å². The van der Waals surface area contributed by atoms with Crippen LogP contribution in [0.5, 0.6) is 0 Å². The molecule has 0 amide bonds. The molecule has 0 saturated carbocycles. The third-order valence-electron chi connectivity index (χ3n) is 4.87. The molecule has 0 aromatic heterocycles. The third-order valence-corrected chi connectivity index (χ3v) is 4.87. The van der Waals surface area contributed by atoms with Gasteiger partial charge < -0.3 is 9.90 Å². The Morgan fingerprint density at radius 3 is 1.83 bits per heavy atom. The van der Waals surface area contributed by atoms with Gasteiger partial charge in [0.25, 0.3) is 0 Å². The molecule has 3 heteroatoms. The summed E-state index contributed by atoms with van der Waals surface area (Å²) < 4.78 is 0. The number of hydrogen-bond donors (Lipinski definition) is 1. The zero-order chi connectivity index (χ0) is 17.5. The molecule has 0 rings (SSSR count). The number of aldehydes is 1. The first kappa shape index (κ1) is 22.1. The van der Waals surface area contributed by atoms with Gasteiger partial charge in [0, 0.05) is 5.92 Å². The molecule has 0 aliphatic rings. The average Bonchev–Trinajstić information content (AvgIpc) is 2.53. The van der Waals surface area contributed by atoms with Gasteiger partial charge in [0.1, 0.15) is 6.29 Å². The van der Waals surface area contributed by atoms with Gasteiger partial charge >= 0.3 is 5.97 Å². The normalized spacial score (nSPS) is 15.1. The topological polar surface area (TPSA) is 54.4 Å². The molecule has 0 fully saturated rings. The maximum Gasteiger partial charge on any atom is 0.307 e. The Bertz CT molecular complexity index is 301. The van der Waals surface area contributed by atoms with Crippen molar-refractivity contribution < 1.29 is 14.7 Å². The summed E-state index contributed by atoms with van der Waals surface area (Å²) in [4.78, 5) is 22.0. The van der Waals surface area contributed by atoms with Crippen LogP contribution in [0.3, 0.4) is 0 Å². The lowest BCUT2D eigenvalue weighted by atomic mass is 9.85. The average molecular weight is 327 g/mol. The summed E-state index contributed by atoms with van der Waals surface area (Å²) in [7, 11) is 0. The molecule has 136 valence electrons. The summed E-state index contributed by atoms with van der Waals surface area (Å²) in [5, 5.41) is 9.21. The van der Waals surface area contributed by atoms with Crippen LogP contribution in [0.15, 0.2) is 0 Å². The van der Waals surface area contributed by atoms with Gasteiger partial charge in [0.15, 0.2) is 0 Å². The first-order valence-corrected chi connectivity index (χ1v) is 9.71. The van der Waals surface area contributed by atoms with Crippen LogP contribution in [0.2, 0.25) is 0 Å². The summed E-state index contributed by atoms with van der Waals surface area (Å²) in [6, 6.07) is 0. The Morgan fingerprint density at radius 2 is 1.39 bits per heavy atom. The van der Waals surface area contributed by atoms with Gasteiger partial charge in [-0.25, -0.2) is 0 Å². The van der Waals surface area contributed by atoms with Gasteiger partial charge in [0.05, 0.1) is 5.92 Å². The van der Waals surface area contributed by atoms with E-state index >= 15 is 0 Å². The van der Waals surface area contributed by atoms with Crippen molar-refractivity contribution in [3.8, 4) is 0 Å². The Hall–Kier alpha value is -0.860. The standard InChI is InChI=1S/C20H38O3/c1-4-5-6-7-8-9-10-11-12-13-14-17(2)15-19(20(22)23)18(3)16-21/h16-19H,4-15H2,1-3H3,(H,22,23). The molecule has 1 N–H and O–H groups in total. The van der Waals surface area contributed by atoms with Crippen LogP contribution < -0.4 is 0 Å². The number of rotatable bonds is 16. The van der Waals surface area contributed by atoms with Crippen LogP contribution in [0.25, 0.3) is 0 Å². The molecule has 0 radical (unpaired) electrons. The maximum absolute atomic E-state index is 11.2. The first-order chi connectivity index (χ1) is 11.0. The van der Waals surface area contributed by atoms with E-state index in [9.17, 15) is 14.7 Å². The predicted octanol–water partition coefficient (Wildman–Crippen LogP) is 5.86. The number of unbranched alkanes of at least 4 members (excludes halogenated alkanes) is 9. The summed E-state index contributed by atoms with van der Waals surface area (Å²) >= 11 is 0. The van der Waals surface area contributed by atoms with Crippen LogP contribution >= 0.6 is 0 Å². The van der Waals surface area contributed by atoms with Crippen molar-refractivity contribution >= 4 is 12.3 Å². The second-order valence-corrected chi connectivity index (χ2v) is 7.25. The molecule has 0 bridgehead atoms. The lowest BCUT2D eigenvalue weighted by Crippen LogP contribution is -2.24. The molecule has 3 unspecified atom stereocenters. The third kappa shape index (κ3) is 12.3. The summed E-state index contributed by atoms with van der Waals surface area (Å²) in [6.45, 7) is 6.07. The molecule has 0 aliphatic carbocycles. The highest BCUT2D eigenvalue weighted by molar-refractivity contribution is 5.74. The highest BCUT2D eigenvalue weighted by atomic mass is 16.4. The monoisotopic (exact) mass is 326 g/mol. The number of aliphatic carboxylic acids is 1. The van der Waals surface area contributed by atoms with Crippen LogP contribution in [0.4, 0.5) is 0 Å². The van der Waals surface area contributed by atoms with Crippen LogP contribution in [0, 0.1) is 17.8 Å². The minimum atomic E-state index is -0.834. The molecule has 3 nitrogen and oxygen atoms in total. The SMILES string of the molecule is CCCCCCCCCCCCC(C)CC(C(=O)O)C(C)C=O. The van der Waals surface area contributed by atoms with Gasteiger partial charge in [-0.3, -0.25) is 4.79 Å². The number of carboxylic acid groups (broad SMARTS) is 1. The fourth-order valence-electron chi connectivity index (χ4n) is 3.17. The number of hydrogen-bond acceptors (Lipinski definition) is 2. The molecule has 0 spiro atoms. The minimum absolute atomic E-state index is 0.382. The molecule has 0 aromatic carbocycles. The van der Waals surface area contributed by atoms with Crippen molar-refractivity contribution in [1.29, 1.82) is 0 Å². The largest absolute Gasteiger partial charge is 0.481 e. The van der Waals surface area contributed by atoms with Crippen molar-refractivity contribution in [3.05, 3.63) is 0 Å². The molecule has 3 atom stereocenters. The van der Waals surface area contributed by atoms with Crippen LogP contribution in [-0.4, -0.2) is 17.4 Å². The van der Waals surface area contributed by atoms with Crippen molar-refractivity contribution in [2.75, 3.05) is 0 Å². The van der Waals surface area contributed by atoms with E-state index in [-0.39, 0.29) is 5.92 Å². The first-order valence-electron chi connectivity index (χ1n) is 9.71. The summed E-state index contributed by atoms with van der Waals surface area (Å²) in [6.07, 6.45) is 15.7. The van der Waals surface area contributed by atoms with E-state index in [0.717, 1.165) is 12.7 Å².